The van der Waals surface area contributed by atoms with Crippen molar-refractivity contribution in [3.63, 3.8) is 0 Å². The number of fused-ring (bicyclic) bond motifs is 1. The average molecular weight is 593 g/mol. The van der Waals surface area contributed by atoms with Crippen molar-refractivity contribution in [1.82, 2.24) is 9.88 Å². The fourth-order valence-electron chi connectivity index (χ4n) is 4.08. The molecule has 6 nitrogen and oxygen atoms in total. The third-order valence-corrected chi connectivity index (χ3v) is 7.21. The molecule has 1 aromatic heterocycles. The van der Waals surface area contributed by atoms with Crippen LogP contribution in [0.15, 0.2) is 81.1 Å². The molecule has 4 rings (SSSR count). The number of aromatic hydroxyl groups is 1. The maximum Gasteiger partial charge on any atom is 0.573 e. The van der Waals surface area contributed by atoms with Gasteiger partial charge in [0, 0.05) is 15.6 Å². The molecule has 11 heteroatoms. The van der Waals surface area contributed by atoms with Crippen molar-refractivity contribution in [2.45, 2.75) is 33.2 Å². The molecule has 0 saturated carbocycles. The fraction of sp³-hybridized carbons (Fsp3) is 0.269. The number of ether oxygens (including phenoxy) is 1. The lowest BCUT2D eigenvalue weighted by molar-refractivity contribution is -0.274. The van der Waals surface area contributed by atoms with E-state index >= 15 is 0 Å². The first kappa shape index (κ1) is 26.9. The molecule has 2 atom stereocenters. The Morgan fingerprint density at radius 1 is 1.24 bits per heavy atom. The number of nitrogens with zero attached hydrogens (tertiary/aromatic N) is 3. The summed E-state index contributed by atoms with van der Waals surface area (Å²) in [5.41, 5.74) is 2.17. The summed E-state index contributed by atoms with van der Waals surface area (Å²) in [4.78, 5) is 0. The van der Waals surface area contributed by atoms with E-state index in [2.05, 4.69) is 56.1 Å². The van der Waals surface area contributed by atoms with Crippen LogP contribution in [-0.2, 0) is 6.54 Å². The molecule has 3 aromatic rings. The number of azo groups is 1. The number of alkyl halides is 3. The highest BCUT2D eigenvalue weighted by Crippen LogP contribution is 2.42. The van der Waals surface area contributed by atoms with Gasteiger partial charge in [0.25, 0.3) is 0 Å². The van der Waals surface area contributed by atoms with Gasteiger partial charge in [-0.15, -0.1) is 23.4 Å². The molecule has 2 N–H and O–H groups in total. The van der Waals surface area contributed by atoms with Gasteiger partial charge in [0.2, 0.25) is 11.0 Å². The highest BCUT2D eigenvalue weighted by molar-refractivity contribution is 9.10. The normalized spacial score (nSPS) is 18.2. The molecule has 0 aliphatic heterocycles. The Balaban J connectivity index is 1.71. The van der Waals surface area contributed by atoms with Crippen molar-refractivity contribution in [2.75, 3.05) is 0 Å². The first-order valence-corrected chi connectivity index (χ1v) is 12.7. The van der Waals surface area contributed by atoms with Gasteiger partial charge < -0.3 is 19.7 Å². The van der Waals surface area contributed by atoms with Crippen molar-refractivity contribution in [3.05, 3.63) is 76.4 Å². The van der Waals surface area contributed by atoms with Gasteiger partial charge in [-0.25, -0.2) is 0 Å². The molecule has 0 fully saturated rings. The summed E-state index contributed by atoms with van der Waals surface area (Å²) in [6.07, 6.45) is 2.03. The van der Waals surface area contributed by atoms with Gasteiger partial charge in [-0.3, -0.25) is 0 Å². The maximum atomic E-state index is 12.9. The number of halogens is 4. The number of nitrogens with one attached hydrogen (secondary N) is 1. The SMILES string of the molecule is CC1CC=CC=C(NC(=S)N=Nc2c(O)n(Cc3ccccc3Br)c3ccc(OC(F)(F)F)cc23)C1C. The summed E-state index contributed by atoms with van der Waals surface area (Å²) >= 11 is 8.85. The van der Waals surface area contributed by atoms with Crippen LogP contribution >= 0.6 is 28.1 Å². The van der Waals surface area contributed by atoms with Crippen LogP contribution in [0.3, 0.4) is 0 Å². The molecule has 0 saturated heterocycles. The molecule has 2 unspecified atom stereocenters. The highest BCUT2D eigenvalue weighted by atomic mass is 79.9. The molecule has 1 aliphatic rings. The standard InChI is InChI=1S/C26H24BrF3N4O2S/c1-15-7-3-6-10-21(16(15)2)31-25(37)33-32-23-19-13-18(36-26(28,29)30)11-12-22(19)34(24(23)35)14-17-8-4-5-9-20(17)27/h3-6,8-13,15-16,35H,7,14H2,1-2H3,(H,31,37). The molecule has 0 amide bonds. The Bertz CT molecular complexity index is 1410. The van der Waals surface area contributed by atoms with Crippen LogP contribution in [0.4, 0.5) is 18.9 Å². The summed E-state index contributed by atoms with van der Waals surface area (Å²) in [5, 5.41) is 22.7. The van der Waals surface area contributed by atoms with Crippen molar-refractivity contribution in [2.24, 2.45) is 22.1 Å². The largest absolute Gasteiger partial charge is 0.573 e. The van der Waals surface area contributed by atoms with E-state index in [0.717, 1.165) is 22.2 Å². The summed E-state index contributed by atoms with van der Waals surface area (Å²) in [6, 6.07) is 11.2. The minimum Gasteiger partial charge on any atom is -0.493 e. The van der Waals surface area contributed by atoms with Crippen molar-refractivity contribution >= 4 is 49.9 Å². The quantitative estimate of drug-likeness (QED) is 0.232. The Morgan fingerprint density at radius 3 is 2.73 bits per heavy atom. The molecular weight excluding hydrogens is 569 g/mol. The van der Waals surface area contributed by atoms with Crippen LogP contribution in [0.1, 0.15) is 25.8 Å². The van der Waals surface area contributed by atoms with Gasteiger partial charge in [0.15, 0.2) is 5.69 Å². The van der Waals surface area contributed by atoms with E-state index in [1.807, 2.05) is 36.4 Å². The summed E-state index contributed by atoms with van der Waals surface area (Å²) in [6.45, 7) is 4.45. The van der Waals surface area contributed by atoms with E-state index in [0.29, 0.717) is 11.4 Å². The third kappa shape index (κ3) is 6.40. The Hall–Kier alpha value is -3.18. The minimum atomic E-state index is -4.87. The second kappa shape index (κ2) is 11.1. The van der Waals surface area contributed by atoms with Crippen molar-refractivity contribution in [3.8, 4) is 11.6 Å². The van der Waals surface area contributed by atoms with Gasteiger partial charge in [-0.2, -0.15) is 0 Å². The van der Waals surface area contributed by atoms with Crippen molar-refractivity contribution in [1.29, 1.82) is 0 Å². The molecule has 0 radical (unpaired) electrons. The second-order valence-corrected chi connectivity index (χ2v) is 10.00. The number of hydrogen-bond donors (Lipinski definition) is 2. The Kier molecular flexibility index (Phi) is 8.03. The van der Waals surface area contributed by atoms with Crippen LogP contribution in [0.2, 0.25) is 0 Å². The number of hydrogen-bond acceptors (Lipinski definition) is 4. The zero-order chi connectivity index (χ0) is 26.7. The van der Waals surface area contributed by atoms with E-state index in [-0.39, 0.29) is 34.5 Å². The smallest absolute Gasteiger partial charge is 0.493 e. The molecule has 194 valence electrons. The van der Waals surface area contributed by atoms with E-state index in [1.165, 1.54) is 18.2 Å². The summed E-state index contributed by atoms with van der Waals surface area (Å²) < 4.78 is 45.0. The van der Waals surface area contributed by atoms with Gasteiger partial charge in [0.1, 0.15) is 5.75 Å². The zero-order valence-corrected chi connectivity index (χ0v) is 22.4. The predicted octanol–water partition coefficient (Wildman–Crippen LogP) is 8.13. The lowest BCUT2D eigenvalue weighted by Gasteiger charge is -2.20. The average Bonchev–Trinajstić information content (AvgIpc) is 2.98. The minimum absolute atomic E-state index is 0.0185. The number of thiocarbonyl (C=S) groups is 1. The number of benzene rings is 2. The monoisotopic (exact) mass is 592 g/mol. The van der Waals surface area contributed by atoms with Crippen LogP contribution in [0.25, 0.3) is 10.9 Å². The number of aromatic nitrogens is 1. The molecule has 37 heavy (non-hydrogen) atoms. The highest BCUT2D eigenvalue weighted by Gasteiger charge is 2.31. The molecule has 1 heterocycles. The number of allylic oxidation sites excluding steroid dienone is 4. The van der Waals surface area contributed by atoms with Gasteiger partial charge in [-0.1, -0.05) is 60.1 Å². The molecule has 1 aliphatic carbocycles. The van der Waals surface area contributed by atoms with Gasteiger partial charge >= 0.3 is 6.36 Å². The maximum absolute atomic E-state index is 12.9. The van der Waals surface area contributed by atoms with Crippen molar-refractivity contribution < 1.29 is 23.0 Å². The summed E-state index contributed by atoms with van der Waals surface area (Å²) in [5.74, 6) is -0.109. The second-order valence-electron chi connectivity index (χ2n) is 8.76. The predicted molar refractivity (Wildman–Crippen MR) is 144 cm³/mol. The molecule has 0 bridgehead atoms. The van der Waals surface area contributed by atoms with E-state index in [1.54, 1.807) is 4.57 Å². The lowest BCUT2D eigenvalue weighted by atomic mass is 9.91. The lowest BCUT2D eigenvalue weighted by Crippen LogP contribution is -2.25. The van der Waals surface area contributed by atoms with Crippen LogP contribution in [-0.4, -0.2) is 21.1 Å². The number of rotatable bonds is 5. The molecular formula is C26H24BrF3N4O2S. The zero-order valence-electron chi connectivity index (χ0n) is 20.0. The Morgan fingerprint density at radius 2 is 2.00 bits per heavy atom. The first-order chi connectivity index (χ1) is 17.5. The Labute approximate surface area is 225 Å². The van der Waals surface area contributed by atoms with Crippen LogP contribution in [0, 0.1) is 11.8 Å². The molecule has 2 aromatic carbocycles. The first-order valence-electron chi connectivity index (χ1n) is 11.5. The van der Waals surface area contributed by atoms with Gasteiger partial charge in [-0.05, 0) is 66.4 Å². The molecule has 0 spiro atoms. The topological polar surface area (TPSA) is 71.1 Å². The van der Waals surface area contributed by atoms with E-state index in [9.17, 15) is 18.3 Å². The fourth-order valence-corrected chi connectivity index (χ4v) is 4.65. The third-order valence-electron chi connectivity index (χ3n) is 6.26. The van der Waals surface area contributed by atoms with Gasteiger partial charge in [0.05, 0.1) is 12.1 Å². The van der Waals surface area contributed by atoms with E-state index in [4.69, 9.17) is 12.2 Å². The summed E-state index contributed by atoms with van der Waals surface area (Å²) in [7, 11) is 0. The van der Waals surface area contributed by atoms with E-state index < -0.39 is 12.1 Å². The van der Waals surface area contributed by atoms with Crippen LogP contribution < -0.4 is 10.1 Å². The van der Waals surface area contributed by atoms with Crippen LogP contribution in [0.5, 0.6) is 11.6 Å².